The fourth-order valence-electron chi connectivity index (χ4n) is 4.27. The predicted octanol–water partition coefficient (Wildman–Crippen LogP) is 6.35. The number of hydrogen-bond acceptors (Lipinski definition) is 4. The van der Waals surface area contributed by atoms with Crippen LogP contribution in [0.1, 0.15) is 34.1 Å². The van der Waals surface area contributed by atoms with Crippen molar-refractivity contribution in [1.29, 1.82) is 0 Å². The maximum Gasteiger partial charge on any atom is 0.271 e. The van der Waals surface area contributed by atoms with Gasteiger partial charge < -0.3 is 14.0 Å². The molecule has 0 saturated heterocycles. The fraction of sp³-hybridized carbons (Fsp3) is 0.161. The van der Waals surface area contributed by atoms with E-state index in [-0.39, 0.29) is 5.91 Å². The Labute approximate surface area is 217 Å². The summed E-state index contributed by atoms with van der Waals surface area (Å²) in [4.78, 5) is 12.7. The number of amides is 1. The molecule has 1 N–H and O–H groups in total. The van der Waals surface area contributed by atoms with Crippen molar-refractivity contribution in [1.82, 2.24) is 9.99 Å². The Balaban J connectivity index is 1.50. The highest BCUT2D eigenvalue weighted by Crippen LogP contribution is 2.33. The lowest BCUT2D eigenvalue weighted by molar-refractivity contribution is 0.0955. The summed E-state index contributed by atoms with van der Waals surface area (Å²) in [7, 11) is 1.61. The minimum atomic E-state index is -0.292. The van der Waals surface area contributed by atoms with Crippen LogP contribution in [0.5, 0.6) is 11.5 Å². The Bertz CT molecular complexity index is 1400. The second-order valence-electron chi connectivity index (χ2n) is 8.44. The van der Waals surface area contributed by atoms with Crippen LogP contribution in [0.25, 0.3) is 16.9 Å². The number of ether oxygens (including phenoxy) is 2. The van der Waals surface area contributed by atoms with Crippen molar-refractivity contribution in [3.63, 3.8) is 0 Å². The van der Waals surface area contributed by atoms with Gasteiger partial charge in [0.25, 0.3) is 5.91 Å². The van der Waals surface area contributed by atoms with Gasteiger partial charge >= 0.3 is 0 Å². The van der Waals surface area contributed by atoms with Gasteiger partial charge in [-0.15, -0.1) is 6.58 Å². The van der Waals surface area contributed by atoms with Gasteiger partial charge in [-0.2, -0.15) is 5.10 Å². The third-order valence-electron chi connectivity index (χ3n) is 5.94. The largest absolute Gasteiger partial charge is 0.493 e. The first kappa shape index (κ1) is 25.5. The number of hydrazone groups is 1. The van der Waals surface area contributed by atoms with E-state index in [1.165, 1.54) is 0 Å². The lowest BCUT2D eigenvalue weighted by Gasteiger charge is -2.14. The monoisotopic (exact) mass is 493 g/mol. The standard InChI is InChI=1S/C31H31N3O3/c1-5-10-26-19-23(20-29(37-6-2)30(26)36-4)21-32-33-31(35)25-14-16-27(17-15-25)34-22(3)13-18-28(34)24-11-8-7-9-12-24/h5,7-9,11-21H,1,6,10H2,2-4H3,(H,33,35)/b32-21+. The van der Waals surface area contributed by atoms with Crippen molar-refractivity contribution < 1.29 is 14.3 Å². The number of carbonyl (C=O) groups excluding carboxylic acids is 1. The molecule has 37 heavy (non-hydrogen) atoms. The van der Waals surface area contributed by atoms with Crippen LogP contribution in [-0.2, 0) is 6.42 Å². The van der Waals surface area contributed by atoms with Crippen LogP contribution in [0.3, 0.4) is 0 Å². The van der Waals surface area contributed by atoms with E-state index in [4.69, 9.17) is 9.47 Å². The molecule has 3 aromatic carbocycles. The summed E-state index contributed by atoms with van der Waals surface area (Å²) in [6, 6.07) is 25.7. The maximum atomic E-state index is 12.7. The number of aryl methyl sites for hydroxylation is 1. The number of carbonyl (C=O) groups is 1. The molecule has 4 rings (SSSR count). The third kappa shape index (κ3) is 5.81. The Morgan fingerprint density at radius 1 is 1.05 bits per heavy atom. The number of nitrogens with zero attached hydrogens (tertiary/aromatic N) is 2. The summed E-state index contributed by atoms with van der Waals surface area (Å²) >= 11 is 0. The highest BCUT2D eigenvalue weighted by molar-refractivity contribution is 5.95. The highest BCUT2D eigenvalue weighted by atomic mass is 16.5. The van der Waals surface area contributed by atoms with Gasteiger partial charge in [-0.05, 0) is 79.9 Å². The van der Waals surface area contributed by atoms with Crippen LogP contribution < -0.4 is 14.9 Å². The number of nitrogens with one attached hydrogen (secondary N) is 1. The molecule has 0 atom stereocenters. The van der Waals surface area contributed by atoms with Crippen molar-refractivity contribution in [2.75, 3.05) is 13.7 Å². The summed E-state index contributed by atoms with van der Waals surface area (Å²) in [5, 5.41) is 4.16. The smallest absolute Gasteiger partial charge is 0.271 e. The molecule has 0 aliphatic carbocycles. The minimum absolute atomic E-state index is 0.292. The van der Waals surface area contributed by atoms with E-state index in [1.807, 2.05) is 49.4 Å². The van der Waals surface area contributed by atoms with Crippen molar-refractivity contribution in [2.24, 2.45) is 5.10 Å². The Morgan fingerprint density at radius 2 is 1.81 bits per heavy atom. The molecule has 0 spiro atoms. The summed E-state index contributed by atoms with van der Waals surface area (Å²) in [6.07, 6.45) is 4.02. The lowest BCUT2D eigenvalue weighted by atomic mass is 10.1. The topological polar surface area (TPSA) is 64.9 Å². The van der Waals surface area contributed by atoms with Crippen LogP contribution in [0.2, 0.25) is 0 Å². The van der Waals surface area contributed by atoms with Gasteiger partial charge in [0.2, 0.25) is 0 Å². The van der Waals surface area contributed by atoms with Gasteiger partial charge in [0, 0.05) is 22.5 Å². The quantitative estimate of drug-likeness (QED) is 0.159. The molecule has 4 aromatic rings. The van der Waals surface area contributed by atoms with Crippen LogP contribution in [0, 0.1) is 6.92 Å². The average Bonchev–Trinajstić information content (AvgIpc) is 3.31. The molecular weight excluding hydrogens is 462 g/mol. The number of aromatic nitrogens is 1. The molecule has 1 heterocycles. The zero-order valence-corrected chi connectivity index (χ0v) is 21.4. The van der Waals surface area contributed by atoms with Crippen molar-refractivity contribution in [3.8, 4) is 28.4 Å². The molecule has 0 radical (unpaired) electrons. The molecule has 1 aromatic heterocycles. The van der Waals surface area contributed by atoms with Crippen LogP contribution in [0.4, 0.5) is 0 Å². The second kappa shape index (κ2) is 11.9. The number of allylic oxidation sites excluding steroid dienone is 1. The highest BCUT2D eigenvalue weighted by Gasteiger charge is 2.13. The summed E-state index contributed by atoms with van der Waals surface area (Å²) in [5.74, 6) is 1.01. The molecule has 0 aliphatic rings. The first-order valence-corrected chi connectivity index (χ1v) is 12.2. The first-order valence-electron chi connectivity index (χ1n) is 12.2. The molecule has 6 nitrogen and oxygen atoms in total. The van der Waals surface area contributed by atoms with E-state index in [1.54, 1.807) is 31.5 Å². The zero-order chi connectivity index (χ0) is 26.2. The Morgan fingerprint density at radius 3 is 2.49 bits per heavy atom. The van der Waals surface area contributed by atoms with Gasteiger partial charge in [0.05, 0.1) is 25.6 Å². The van der Waals surface area contributed by atoms with Crippen LogP contribution in [-0.4, -0.2) is 30.4 Å². The number of methoxy groups -OCH3 is 1. The summed E-state index contributed by atoms with van der Waals surface area (Å²) < 4.78 is 13.4. The van der Waals surface area contributed by atoms with Gasteiger partial charge in [0.1, 0.15) is 0 Å². The molecule has 0 bridgehead atoms. The zero-order valence-electron chi connectivity index (χ0n) is 21.4. The molecule has 6 heteroatoms. The van der Waals surface area contributed by atoms with Crippen molar-refractivity contribution in [2.45, 2.75) is 20.3 Å². The van der Waals surface area contributed by atoms with E-state index in [0.717, 1.165) is 33.8 Å². The second-order valence-corrected chi connectivity index (χ2v) is 8.44. The third-order valence-corrected chi connectivity index (χ3v) is 5.94. The number of hydrogen-bond donors (Lipinski definition) is 1. The first-order chi connectivity index (χ1) is 18.0. The number of rotatable bonds is 10. The summed E-state index contributed by atoms with van der Waals surface area (Å²) in [6.45, 7) is 8.30. The molecule has 0 saturated carbocycles. The fourth-order valence-corrected chi connectivity index (χ4v) is 4.27. The van der Waals surface area contributed by atoms with E-state index in [9.17, 15) is 4.79 Å². The average molecular weight is 494 g/mol. The van der Waals surface area contributed by atoms with Crippen LogP contribution in [0.15, 0.2) is 96.6 Å². The molecular formula is C31H31N3O3. The SMILES string of the molecule is C=CCc1cc(/C=N/NC(=O)c2ccc(-n3c(C)ccc3-c3ccccc3)cc2)cc(OCC)c1OC. The molecule has 0 fully saturated rings. The van der Waals surface area contributed by atoms with Gasteiger partial charge in [-0.1, -0.05) is 36.4 Å². The van der Waals surface area contributed by atoms with E-state index in [0.29, 0.717) is 30.1 Å². The maximum absolute atomic E-state index is 12.7. The van der Waals surface area contributed by atoms with E-state index < -0.39 is 0 Å². The van der Waals surface area contributed by atoms with Gasteiger partial charge in [-0.3, -0.25) is 4.79 Å². The molecule has 1 amide bonds. The van der Waals surface area contributed by atoms with Gasteiger partial charge in [-0.25, -0.2) is 5.43 Å². The van der Waals surface area contributed by atoms with E-state index >= 15 is 0 Å². The Hall–Kier alpha value is -4.58. The van der Waals surface area contributed by atoms with Crippen molar-refractivity contribution >= 4 is 12.1 Å². The number of benzene rings is 3. The van der Waals surface area contributed by atoms with Crippen LogP contribution >= 0.6 is 0 Å². The molecule has 0 aliphatic heterocycles. The normalized spacial score (nSPS) is 10.9. The predicted molar refractivity (Wildman–Crippen MR) is 149 cm³/mol. The summed E-state index contributed by atoms with van der Waals surface area (Å²) in [5.41, 5.74) is 9.18. The molecule has 188 valence electrons. The van der Waals surface area contributed by atoms with Gasteiger partial charge in [0.15, 0.2) is 11.5 Å². The minimum Gasteiger partial charge on any atom is -0.493 e. The Kier molecular flexibility index (Phi) is 8.21. The lowest BCUT2D eigenvalue weighted by Crippen LogP contribution is -2.17. The van der Waals surface area contributed by atoms with E-state index in [2.05, 4.69) is 52.9 Å². The molecule has 0 unspecified atom stereocenters. The van der Waals surface area contributed by atoms with Crippen molar-refractivity contribution in [3.05, 3.63) is 114 Å².